The normalized spacial score (nSPS) is 41.1. The van der Waals surface area contributed by atoms with Gasteiger partial charge in [0, 0.05) is 19.3 Å². The van der Waals surface area contributed by atoms with Gasteiger partial charge in [-0.1, -0.05) is 6.42 Å². The van der Waals surface area contributed by atoms with Crippen LogP contribution in [-0.4, -0.2) is 18.1 Å². The molecule has 4 rings (SSSR count). The van der Waals surface area contributed by atoms with Crippen molar-refractivity contribution in [3.05, 3.63) is 24.5 Å². The van der Waals surface area contributed by atoms with E-state index < -0.39 is 0 Å². The largest absolute Gasteiger partial charge is 0.370 e. The van der Waals surface area contributed by atoms with Crippen molar-refractivity contribution in [2.24, 2.45) is 23.7 Å². The fraction of sp³-hybridized carbons (Fsp3) is 0.688. The Kier molecular flexibility index (Phi) is 2.39. The van der Waals surface area contributed by atoms with Crippen LogP contribution >= 0.6 is 0 Å². The van der Waals surface area contributed by atoms with E-state index in [0.29, 0.717) is 0 Å². The minimum atomic E-state index is 0.776. The fourth-order valence-corrected chi connectivity index (χ4v) is 5.23. The van der Waals surface area contributed by atoms with Crippen LogP contribution in [-0.2, 0) is 0 Å². The van der Waals surface area contributed by atoms with Crippen LogP contribution in [0.25, 0.3) is 0 Å². The number of fused-ring (bicyclic) bond motifs is 5. The molecule has 5 atom stereocenters. The van der Waals surface area contributed by atoms with E-state index in [1.165, 1.54) is 37.8 Å². The first-order valence-electron chi connectivity index (χ1n) is 7.47. The maximum atomic E-state index is 4.26. The highest BCUT2D eigenvalue weighted by Crippen LogP contribution is 2.59. The maximum absolute atomic E-state index is 4.26. The van der Waals surface area contributed by atoms with Crippen molar-refractivity contribution in [1.29, 1.82) is 0 Å². The number of aromatic nitrogens is 1. The molecule has 3 aliphatic carbocycles. The zero-order valence-corrected chi connectivity index (χ0v) is 11.1. The molecule has 2 nitrogen and oxygen atoms in total. The van der Waals surface area contributed by atoms with E-state index in [2.05, 4.69) is 29.1 Å². The molecule has 96 valence electrons. The van der Waals surface area contributed by atoms with Crippen LogP contribution in [0.15, 0.2) is 24.5 Å². The summed E-state index contributed by atoms with van der Waals surface area (Å²) in [6.45, 7) is 0. The summed E-state index contributed by atoms with van der Waals surface area (Å²) in [5.41, 5.74) is 1.30. The first-order valence-corrected chi connectivity index (χ1v) is 7.47. The Hall–Kier alpha value is -1.05. The van der Waals surface area contributed by atoms with Crippen molar-refractivity contribution < 1.29 is 0 Å². The first-order chi connectivity index (χ1) is 8.84. The van der Waals surface area contributed by atoms with Gasteiger partial charge in [-0.25, -0.2) is 0 Å². The molecule has 1 aromatic heterocycles. The Balaban J connectivity index is 1.57. The fourth-order valence-electron chi connectivity index (χ4n) is 5.23. The number of rotatable bonds is 2. The third kappa shape index (κ3) is 1.44. The minimum Gasteiger partial charge on any atom is -0.370 e. The maximum Gasteiger partial charge on any atom is 0.0552 e. The molecule has 1 heterocycles. The van der Waals surface area contributed by atoms with E-state index in [9.17, 15) is 0 Å². The second-order valence-electron chi connectivity index (χ2n) is 6.54. The number of hydrogen-bond donors (Lipinski definition) is 0. The Morgan fingerprint density at radius 3 is 2.89 bits per heavy atom. The van der Waals surface area contributed by atoms with Crippen LogP contribution in [0.2, 0.25) is 0 Å². The molecule has 0 radical (unpaired) electrons. The molecular weight excluding hydrogens is 220 g/mol. The van der Waals surface area contributed by atoms with Crippen LogP contribution in [0.3, 0.4) is 0 Å². The van der Waals surface area contributed by atoms with Gasteiger partial charge in [0.15, 0.2) is 0 Å². The number of nitrogens with zero attached hydrogens (tertiary/aromatic N) is 2. The molecule has 0 saturated heterocycles. The summed E-state index contributed by atoms with van der Waals surface area (Å²) in [4.78, 5) is 6.77. The summed E-state index contributed by atoms with van der Waals surface area (Å²) in [6, 6.07) is 5.03. The van der Waals surface area contributed by atoms with Gasteiger partial charge in [-0.2, -0.15) is 0 Å². The lowest BCUT2D eigenvalue weighted by atomic mass is 9.78. The molecule has 18 heavy (non-hydrogen) atoms. The zero-order chi connectivity index (χ0) is 12.1. The van der Waals surface area contributed by atoms with E-state index in [1.807, 2.05) is 12.4 Å². The van der Waals surface area contributed by atoms with E-state index in [1.54, 1.807) is 0 Å². The Morgan fingerprint density at radius 2 is 2.06 bits per heavy atom. The highest BCUT2D eigenvalue weighted by Gasteiger charge is 2.54. The molecule has 0 spiro atoms. The summed E-state index contributed by atoms with van der Waals surface area (Å²) in [7, 11) is 2.27. The molecule has 2 bridgehead atoms. The van der Waals surface area contributed by atoms with Crippen molar-refractivity contribution in [2.45, 2.75) is 38.1 Å². The van der Waals surface area contributed by atoms with E-state index >= 15 is 0 Å². The molecule has 5 unspecified atom stereocenters. The van der Waals surface area contributed by atoms with Crippen LogP contribution in [0.5, 0.6) is 0 Å². The molecule has 0 aromatic carbocycles. The molecular formula is C16H22N2. The lowest BCUT2D eigenvalue weighted by molar-refractivity contribution is 0.230. The topological polar surface area (TPSA) is 16.1 Å². The molecule has 3 aliphatic rings. The average Bonchev–Trinajstić information content (AvgIpc) is 3.10. The quantitative estimate of drug-likeness (QED) is 0.790. The predicted octanol–water partition coefficient (Wildman–Crippen LogP) is 3.34. The summed E-state index contributed by atoms with van der Waals surface area (Å²) >= 11 is 0. The first kappa shape index (κ1) is 10.8. The van der Waals surface area contributed by atoms with Crippen LogP contribution in [0.4, 0.5) is 5.69 Å². The van der Waals surface area contributed by atoms with Crippen LogP contribution < -0.4 is 4.90 Å². The van der Waals surface area contributed by atoms with E-state index in [4.69, 9.17) is 0 Å². The number of pyridine rings is 1. The SMILES string of the molecule is CN(c1cccnc1)C1CC2CC1C1CCCC21. The van der Waals surface area contributed by atoms with Crippen molar-refractivity contribution in [3.63, 3.8) is 0 Å². The lowest BCUT2D eigenvalue weighted by Crippen LogP contribution is -2.40. The second-order valence-corrected chi connectivity index (χ2v) is 6.54. The van der Waals surface area contributed by atoms with Crippen LogP contribution in [0.1, 0.15) is 32.1 Å². The zero-order valence-electron chi connectivity index (χ0n) is 11.1. The van der Waals surface area contributed by atoms with Gasteiger partial charge in [0.05, 0.1) is 11.9 Å². The van der Waals surface area contributed by atoms with Gasteiger partial charge in [0.2, 0.25) is 0 Å². The average molecular weight is 242 g/mol. The lowest BCUT2D eigenvalue weighted by Gasteiger charge is -2.38. The smallest absolute Gasteiger partial charge is 0.0552 e. The summed E-state index contributed by atoms with van der Waals surface area (Å²) in [6.07, 6.45) is 11.3. The van der Waals surface area contributed by atoms with Gasteiger partial charge in [0.25, 0.3) is 0 Å². The third-order valence-corrected chi connectivity index (χ3v) is 5.94. The monoisotopic (exact) mass is 242 g/mol. The number of hydrogen-bond acceptors (Lipinski definition) is 2. The summed E-state index contributed by atoms with van der Waals surface area (Å²) < 4.78 is 0. The molecule has 3 fully saturated rings. The molecule has 0 aliphatic heterocycles. The van der Waals surface area contributed by atoms with Crippen LogP contribution in [0, 0.1) is 23.7 Å². The summed E-state index contributed by atoms with van der Waals surface area (Å²) in [5, 5.41) is 0. The van der Waals surface area contributed by atoms with Crippen molar-refractivity contribution in [1.82, 2.24) is 4.98 Å². The van der Waals surface area contributed by atoms with Gasteiger partial charge >= 0.3 is 0 Å². The van der Waals surface area contributed by atoms with Crippen molar-refractivity contribution >= 4 is 5.69 Å². The predicted molar refractivity (Wildman–Crippen MR) is 73.5 cm³/mol. The summed E-state index contributed by atoms with van der Waals surface area (Å²) in [5.74, 6) is 4.14. The Bertz CT molecular complexity index is 430. The van der Waals surface area contributed by atoms with Gasteiger partial charge in [-0.3, -0.25) is 4.98 Å². The Labute approximate surface area is 109 Å². The minimum absolute atomic E-state index is 0.776. The van der Waals surface area contributed by atoms with E-state index in [-0.39, 0.29) is 0 Å². The van der Waals surface area contributed by atoms with Crippen molar-refractivity contribution in [3.8, 4) is 0 Å². The molecule has 2 heteroatoms. The van der Waals surface area contributed by atoms with Gasteiger partial charge in [-0.05, 0) is 61.5 Å². The molecule has 1 aromatic rings. The van der Waals surface area contributed by atoms with Gasteiger partial charge in [0.1, 0.15) is 0 Å². The highest BCUT2D eigenvalue weighted by atomic mass is 15.2. The van der Waals surface area contributed by atoms with Gasteiger partial charge in [-0.15, -0.1) is 0 Å². The standard InChI is InChI=1S/C16H22N2/c1-18(12-4-3-7-17-10-12)16-9-11-8-15(16)14-6-2-5-13(11)14/h3-4,7,10-11,13-16H,2,5-6,8-9H2,1H3. The van der Waals surface area contributed by atoms with Crippen molar-refractivity contribution in [2.75, 3.05) is 11.9 Å². The van der Waals surface area contributed by atoms with Gasteiger partial charge < -0.3 is 4.90 Å². The Morgan fingerprint density at radius 1 is 1.17 bits per heavy atom. The molecule has 3 saturated carbocycles. The second kappa shape index (κ2) is 3.97. The number of anilines is 1. The molecule has 0 N–H and O–H groups in total. The van der Waals surface area contributed by atoms with E-state index in [0.717, 1.165) is 29.7 Å². The molecule has 0 amide bonds. The highest BCUT2D eigenvalue weighted by molar-refractivity contribution is 5.44. The third-order valence-electron chi connectivity index (χ3n) is 5.94.